The Hall–Kier alpha value is -2.79. The van der Waals surface area contributed by atoms with Crippen LogP contribution in [0.3, 0.4) is 0 Å². The van der Waals surface area contributed by atoms with Crippen molar-refractivity contribution in [3.05, 3.63) is 61.3 Å². The molecule has 0 aromatic carbocycles. The molecule has 0 rings (SSSR count). The molecule has 1 radical (unpaired) electrons. The summed E-state index contributed by atoms with van der Waals surface area (Å²) in [5.74, 6) is 0. The van der Waals surface area contributed by atoms with Gasteiger partial charge in [0.1, 0.15) is 0 Å². The molecule has 0 aliphatic rings. The van der Waals surface area contributed by atoms with Crippen LogP contribution in [0.1, 0.15) is 0 Å². The maximum absolute atomic E-state index is 8.25. The number of hydrogen-bond donors (Lipinski definition) is 6. The molecule has 23 heteroatoms. The van der Waals surface area contributed by atoms with Gasteiger partial charge in [-0.3, -0.25) is 0 Å². The van der Waals surface area contributed by atoms with Crippen molar-refractivity contribution in [2.75, 3.05) is 0 Å². The Bertz CT molecular complexity index is 168. The summed E-state index contributed by atoms with van der Waals surface area (Å²) in [5, 5.41) is 59.0. The Labute approximate surface area is 139 Å². The minimum atomic E-state index is -1.75. The van der Waals surface area contributed by atoms with Crippen molar-refractivity contribution in [3.63, 3.8) is 0 Å². The van der Waals surface area contributed by atoms with Gasteiger partial charge in [0.2, 0.25) is 0 Å². The van der Waals surface area contributed by atoms with Gasteiger partial charge in [0.05, 0.1) is 20.3 Å². The Morgan fingerprint density at radius 3 is 0.348 bits per heavy atom. The monoisotopic (exact) mass is 543 g/mol. The molecule has 0 spiro atoms. The minimum absolute atomic E-state index is 0. The van der Waals surface area contributed by atoms with Gasteiger partial charge in [-0.1, -0.05) is 0 Å². The van der Waals surface area contributed by atoms with Gasteiger partial charge >= 0.3 is 0 Å². The van der Waals surface area contributed by atoms with E-state index in [0.717, 1.165) is 0 Å². The summed E-state index contributed by atoms with van der Waals surface area (Å²) in [6, 6.07) is 0. The molecule has 0 amide bonds. The second kappa shape index (κ2) is 75.1. The summed E-state index contributed by atoms with van der Waals surface area (Å²) in [6.07, 6.45) is 0. The third-order valence-electron chi connectivity index (χ3n) is 0. The number of rotatable bonds is 0. The van der Waals surface area contributed by atoms with Gasteiger partial charge in [-0.15, -0.1) is 0 Å². The Morgan fingerprint density at radius 2 is 0.348 bits per heavy atom. The van der Waals surface area contributed by atoms with Crippen LogP contribution in [0.15, 0.2) is 0 Å². The van der Waals surface area contributed by atoms with Crippen LogP contribution in [-0.4, -0.2) is 20.3 Å². The molecule has 0 aliphatic carbocycles. The van der Waals surface area contributed by atoms with E-state index in [4.69, 9.17) is 61.3 Å². The Kier molecular flexibility index (Phi) is 287. The fourth-order valence-electron chi connectivity index (χ4n) is 0. The molecular weight excluding hydrogens is 524 g/mol. The SMILES string of the molecule is N.N.N.N.N.N.O=[N+]([O-])[O-].O=[N+]([O-])[O-].O=[N+]([O-])[O-].O=[N+]([O-])[O-].[Ir]. The van der Waals surface area contributed by atoms with Crippen molar-refractivity contribution < 1.29 is 40.5 Å². The van der Waals surface area contributed by atoms with E-state index >= 15 is 0 Å². The van der Waals surface area contributed by atoms with Crippen LogP contribution in [0.25, 0.3) is 0 Å². The van der Waals surface area contributed by atoms with E-state index in [0.29, 0.717) is 0 Å². The normalized spacial score (nSPS) is 4.17. The second-order valence-corrected chi connectivity index (χ2v) is 0.894. The second-order valence-electron chi connectivity index (χ2n) is 0.894. The Morgan fingerprint density at radius 1 is 0.348 bits per heavy atom. The fourth-order valence-corrected chi connectivity index (χ4v) is 0. The summed E-state index contributed by atoms with van der Waals surface area (Å²) in [4.78, 5) is 33.0. The molecule has 0 aromatic heterocycles. The largest absolute Gasteiger partial charge is 0.356 e. The zero-order valence-corrected chi connectivity index (χ0v) is 13.7. The first kappa shape index (κ1) is 87.9. The first-order valence-electron chi connectivity index (χ1n) is 2.19. The van der Waals surface area contributed by atoms with Crippen LogP contribution in [0.2, 0.25) is 0 Å². The first-order chi connectivity index (χ1) is 6.93. The maximum atomic E-state index is 8.25. The first-order valence-corrected chi connectivity index (χ1v) is 2.19. The zero-order chi connectivity index (χ0) is 14.3. The molecule has 0 saturated carbocycles. The van der Waals surface area contributed by atoms with Crippen molar-refractivity contribution in [2.45, 2.75) is 0 Å². The average molecular weight is 542 g/mol. The smallest absolute Gasteiger partial charge is 0.0689 e. The van der Waals surface area contributed by atoms with Crippen molar-refractivity contribution in [1.82, 2.24) is 36.9 Å². The fraction of sp³-hybridized carbons (Fsp3) is 0. The van der Waals surface area contributed by atoms with Crippen LogP contribution >= 0.6 is 0 Å². The van der Waals surface area contributed by atoms with Gasteiger partial charge in [0.25, 0.3) is 0 Å². The molecule has 23 heavy (non-hydrogen) atoms. The topological polar surface area (TPSA) is 475 Å². The van der Waals surface area contributed by atoms with Gasteiger partial charge in [-0.05, 0) is 0 Å². The molecule has 18 N–H and O–H groups in total. The van der Waals surface area contributed by atoms with Gasteiger partial charge in [0, 0.05) is 20.1 Å². The van der Waals surface area contributed by atoms with E-state index in [9.17, 15) is 0 Å². The molecular formula is H18IrN10O12-4. The van der Waals surface area contributed by atoms with Gasteiger partial charge in [-0.25, -0.2) is 0 Å². The van der Waals surface area contributed by atoms with E-state index < -0.39 is 20.3 Å². The van der Waals surface area contributed by atoms with Crippen LogP contribution in [0.5, 0.6) is 0 Å². The minimum Gasteiger partial charge on any atom is -0.356 e. The van der Waals surface area contributed by atoms with E-state index in [1.54, 1.807) is 0 Å². The molecule has 0 atom stereocenters. The predicted octanol–water partition coefficient (Wildman–Crippen LogP) is 0.0131. The van der Waals surface area contributed by atoms with Crippen molar-refractivity contribution in [1.29, 1.82) is 0 Å². The number of nitrogens with zero attached hydrogens (tertiary/aromatic N) is 4. The van der Waals surface area contributed by atoms with Crippen LogP contribution in [-0.2, 0) is 20.1 Å². The third kappa shape index (κ3) is 731. The standard InChI is InChI=1S/Ir.4NO3.6H3N/c;4*2-1(3)4;;;;;;/h;;;;;6*1H3/q;4*-1;;;;;;. The molecule has 0 heterocycles. The average Bonchev–Trinajstić information content (AvgIpc) is 1.76. The molecule has 22 nitrogen and oxygen atoms in total. The zero-order valence-electron chi connectivity index (χ0n) is 11.3. The summed E-state index contributed by atoms with van der Waals surface area (Å²) >= 11 is 0. The summed E-state index contributed by atoms with van der Waals surface area (Å²) < 4.78 is 0. The molecule has 0 saturated heterocycles. The summed E-state index contributed by atoms with van der Waals surface area (Å²) in [7, 11) is 0. The van der Waals surface area contributed by atoms with E-state index in [2.05, 4.69) is 0 Å². The van der Waals surface area contributed by atoms with E-state index in [1.165, 1.54) is 0 Å². The molecule has 0 unspecified atom stereocenters. The molecule has 153 valence electrons. The molecule has 0 aromatic rings. The van der Waals surface area contributed by atoms with Crippen LogP contribution in [0.4, 0.5) is 0 Å². The van der Waals surface area contributed by atoms with E-state index in [-0.39, 0.29) is 57.0 Å². The van der Waals surface area contributed by atoms with Crippen LogP contribution < -0.4 is 36.9 Å². The molecule has 0 fully saturated rings. The van der Waals surface area contributed by atoms with E-state index in [1.807, 2.05) is 0 Å². The maximum Gasteiger partial charge on any atom is 0.0689 e. The molecule has 0 bridgehead atoms. The van der Waals surface area contributed by atoms with Crippen molar-refractivity contribution in [2.24, 2.45) is 0 Å². The summed E-state index contributed by atoms with van der Waals surface area (Å²) in [5.41, 5.74) is 0. The van der Waals surface area contributed by atoms with Gasteiger partial charge in [-0.2, -0.15) is 0 Å². The predicted molar refractivity (Wildman–Crippen MR) is 71.6 cm³/mol. The van der Waals surface area contributed by atoms with Crippen LogP contribution in [0, 0.1) is 61.3 Å². The number of hydrogen-bond acceptors (Lipinski definition) is 18. The summed E-state index contributed by atoms with van der Waals surface area (Å²) in [6.45, 7) is 0. The van der Waals surface area contributed by atoms with Crippen molar-refractivity contribution >= 4 is 0 Å². The van der Waals surface area contributed by atoms with Gasteiger partial charge < -0.3 is 98.2 Å². The van der Waals surface area contributed by atoms with Gasteiger partial charge in [0.15, 0.2) is 0 Å². The Balaban J connectivity index is -0.00000000842. The quantitative estimate of drug-likeness (QED) is 0.173. The third-order valence-corrected chi connectivity index (χ3v) is 0. The van der Waals surface area contributed by atoms with Crippen molar-refractivity contribution in [3.8, 4) is 0 Å². The molecule has 0 aliphatic heterocycles.